The van der Waals surface area contributed by atoms with E-state index in [1.165, 1.54) is 25.1 Å². The molecule has 1 rings (SSSR count). The molecule has 1 aromatic carbocycles. The Morgan fingerprint density at radius 1 is 1.43 bits per heavy atom. The summed E-state index contributed by atoms with van der Waals surface area (Å²) in [5, 5.41) is 19.3. The van der Waals surface area contributed by atoms with E-state index in [0.29, 0.717) is 0 Å². The Morgan fingerprint density at radius 3 is 2.62 bits per heavy atom. The molecule has 0 radical (unpaired) electrons. The van der Waals surface area contributed by atoms with E-state index in [-0.39, 0.29) is 22.9 Å². The molecule has 0 heterocycles. The van der Waals surface area contributed by atoms with Crippen molar-refractivity contribution in [2.75, 3.05) is 6.61 Å². The van der Waals surface area contributed by atoms with Crippen molar-refractivity contribution in [2.45, 2.75) is 13.8 Å². The van der Waals surface area contributed by atoms with Gasteiger partial charge in [-0.1, -0.05) is 11.6 Å². The fourth-order valence-corrected chi connectivity index (χ4v) is 1.64. The summed E-state index contributed by atoms with van der Waals surface area (Å²) < 4.78 is 9.57. The zero-order valence-corrected chi connectivity index (χ0v) is 12.1. The van der Waals surface area contributed by atoms with Gasteiger partial charge in [-0.25, -0.2) is 4.79 Å². The molecule has 0 aliphatic rings. The second-order valence-electron chi connectivity index (χ2n) is 3.79. The number of hydrogen-bond acceptors (Lipinski definition) is 6. The van der Waals surface area contributed by atoms with Gasteiger partial charge in [0.2, 0.25) is 0 Å². The molecule has 0 saturated heterocycles. The van der Waals surface area contributed by atoms with Gasteiger partial charge in [-0.2, -0.15) is 5.26 Å². The van der Waals surface area contributed by atoms with Crippen molar-refractivity contribution in [1.29, 1.82) is 5.26 Å². The van der Waals surface area contributed by atoms with Crippen molar-refractivity contribution in [3.05, 3.63) is 34.4 Å². The molecule has 21 heavy (non-hydrogen) atoms. The summed E-state index contributed by atoms with van der Waals surface area (Å²) in [7, 11) is 0. The van der Waals surface area contributed by atoms with Crippen LogP contribution in [-0.4, -0.2) is 23.7 Å². The molecule has 6 nitrogen and oxygen atoms in total. The third-order valence-corrected chi connectivity index (χ3v) is 2.51. The number of benzene rings is 1. The molecule has 0 amide bonds. The zero-order chi connectivity index (χ0) is 16.0. The lowest BCUT2D eigenvalue weighted by atomic mass is 10.1. The van der Waals surface area contributed by atoms with Crippen molar-refractivity contribution in [2.24, 2.45) is 0 Å². The van der Waals surface area contributed by atoms with E-state index in [1.54, 1.807) is 13.0 Å². The van der Waals surface area contributed by atoms with E-state index >= 15 is 0 Å². The van der Waals surface area contributed by atoms with E-state index in [2.05, 4.69) is 4.74 Å². The Kier molecular flexibility index (Phi) is 5.76. The Hall–Kier alpha value is -2.52. The molecule has 0 saturated carbocycles. The third-order valence-electron chi connectivity index (χ3n) is 2.28. The normalized spacial score (nSPS) is 11.1. The lowest BCUT2D eigenvalue weighted by Crippen LogP contribution is -2.10. The van der Waals surface area contributed by atoms with E-state index < -0.39 is 23.3 Å². The van der Waals surface area contributed by atoms with Crippen molar-refractivity contribution < 1.29 is 24.2 Å². The fraction of sp³-hybridized carbons (Fsp3) is 0.214. The molecule has 110 valence electrons. The highest BCUT2D eigenvalue weighted by Gasteiger charge is 2.21. The molecule has 0 spiro atoms. The first kappa shape index (κ1) is 16.5. The minimum absolute atomic E-state index is 0.0264. The van der Waals surface area contributed by atoms with Crippen molar-refractivity contribution in [1.82, 2.24) is 0 Å². The maximum atomic E-state index is 11.6. The number of ether oxygens (including phenoxy) is 2. The Morgan fingerprint density at radius 2 is 2.10 bits per heavy atom. The number of carbonyl (C=O) groups excluding carboxylic acids is 2. The molecule has 0 aliphatic heterocycles. The number of esters is 2. The minimum Gasteiger partial charge on any atom is -0.506 e. The second kappa shape index (κ2) is 7.31. The standard InChI is InChI=1S/C14H12ClNO5/c1-3-20-14(19)11(7-16)13(18)10-6-9(15)4-5-12(10)21-8(2)17/h4-6,18H,3H2,1-2H3/b13-11+. The predicted octanol–water partition coefficient (Wildman–Crippen LogP) is 2.62. The van der Waals surface area contributed by atoms with Crippen LogP contribution in [0.1, 0.15) is 19.4 Å². The summed E-state index contributed by atoms with van der Waals surface area (Å²) in [4.78, 5) is 22.6. The van der Waals surface area contributed by atoms with Gasteiger partial charge in [0.05, 0.1) is 12.2 Å². The SMILES string of the molecule is CCOC(=O)/C(C#N)=C(/O)c1cc(Cl)ccc1OC(C)=O. The first-order valence-electron chi connectivity index (χ1n) is 5.89. The van der Waals surface area contributed by atoms with Gasteiger partial charge in [-0.3, -0.25) is 4.79 Å². The predicted molar refractivity (Wildman–Crippen MR) is 74.6 cm³/mol. The number of rotatable bonds is 4. The van der Waals surface area contributed by atoms with Gasteiger partial charge in [0.1, 0.15) is 11.8 Å². The van der Waals surface area contributed by atoms with Gasteiger partial charge in [-0.05, 0) is 25.1 Å². The van der Waals surface area contributed by atoms with Crippen molar-refractivity contribution in [3.8, 4) is 11.8 Å². The van der Waals surface area contributed by atoms with E-state index in [1.807, 2.05) is 0 Å². The van der Waals surface area contributed by atoms with Crippen LogP contribution in [-0.2, 0) is 14.3 Å². The van der Waals surface area contributed by atoms with Gasteiger partial charge in [0.15, 0.2) is 11.3 Å². The van der Waals surface area contributed by atoms with Crippen molar-refractivity contribution in [3.63, 3.8) is 0 Å². The molecule has 1 N–H and O–H groups in total. The van der Waals surface area contributed by atoms with Gasteiger partial charge >= 0.3 is 11.9 Å². The maximum Gasteiger partial charge on any atom is 0.352 e. The molecular formula is C14H12ClNO5. The molecule has 7 heteroatoms. The van der Waals surface area contributed by atoms with Gasteiger partial charge in [0, 0.05) is 11.9 Å². The van der Waals surface area contributed by atoms with Crippen LogP contribution in [0.2, 0.25) is 5.02 Å². The summed E-state index contributed by atoms with van der Waals surface area (Å²) in [6, 6.07) is 5.61. The van der Waals surface area contributed by atoms with E-state index in [9.17, 15) is 14.7 Å². The number of carbonyl (C=O) groups is 2. The monoisotopic (exact) mass is 309 g/mol. The second-order valence-corrected chi connectivity index (χ2v) is 4.23. The number of hydrogen-bond donors (Lipinski definition) is 1. The molecule has 1 aromatic rings. The van der Waals surface area contributed by atoms with Gasteiger partial charge in [-0.15, -0.1) is 0 Å². The van der Waals surface area contributed by atoms with Crippen molar-refractivity contribution >= 4 is 29.3 Å². The van der Waals surface area contributed by atoms with Crippen LogP contribution in [0.25, 0.3) is 5.76 Å². The topological polar surface area (TPSA) is 96.6 Å². The molecule has 0 atom stereocenters. The molecule has 0 unspecified atom stereocenters. The number of nitriles is 1. The Balaban J connectivity index is 3.42. The summed E-state index contributed by atoms with van der Waals surface area (Å²) >= 11 is 5.81. The zero-order valence-electron chi connectivity index (χ0n) is 11.3. The van der Waals surface area contributed by atoms with Crippen LogP contribution in [0, 0.1) is 11.3 Å². The van der Waals surface area contributed by atoms with Crippen LogP contribution in [0.4, 0.5) is 0 Å². The van der Waals surface area contributed by atoms with Crippen LogP contribution >= 0.6 is 11.6 Å². The average Bonchev–Trinajstić information content (AvgIpc) is 2.41. The Bertz CT molecular complexity index is 645. The van der Waals surface area contributed by atoms with Crippen LogP contribution in [0.3, 0.4) is 0 Å². The molecule has 0 bridgehead atoms. The Labute approximate surface area is 126 Å². The highest BCUT2D eigenvalue weighted by molar-refractivity contribution is 6.30. The summed E-state index contributed by atoms with van der Waals surface area (Å²) in [6.07, 6.45) is 0. The quantitative estimate of drug-likeness (QED) is 0.302. The summed E-state index contributed by atoms with van der Waals surface area (Å²) in [5.74, 6) is -2.30. The van der Waals surface area contributed by atoms with Gasteiger partial charge < -0.3 is 14.6 Å². The smallest absolute Gasteiger partial charge is 0.352 e. The highest BCUT2D eigenvalue weighted by Crippen LogP contribution is 2.30. The highest BCUT2D eigenvalue weighted by atomic mass is 35.5. The number of nitrogens with zero attached hydrogens (tertiary/aromatic N) is 1. The van der Waals surface area contributed by atoms with Gasteiger partial charge in [0.25, 0.3) is 0 Å². The number of halogens is 1. The number of aliphatic hydroxyl groups excluding tert-OH is 1. The van der Waals surface area contributed by atoms with Crippen LogP contribution in [0.5, 0.6) is 5.75 Å². The minimum atomic E-state index is -0.980. The lowest BCUT2D eigenvalue weighted by Gasteiger charge is -2.10. The molecular weight excluding hydrogens is 298 g/mol. The van der Waals surface area contributed by atoms with Crippen LogP contribution in [0.15, 0.2) is 23.8 Å². The first-order chi connectivity index (χ1) is 9.90. The summed E-state index contributed by atoms with van der Waals surface area (Å²) in [6.45, 7) is 2.78. The molecule has 0 aromatic heterocycles. The van der Waals surface area contributed by atoms with E-state index in [0.717, 1.165) is 0 Å². The first-order valence-corrected chi connectivity index (χ1v) is 6.27. The third kappa shape index (κ3) is 4.23. The largest absolute Gasteiger partial charge is 0.506 e. The van der Waals surface area contributed by atoms with Crippen LogP contribution < -0.4 is 4.74 Å². The molecule has 0 fully saturated rings. The average molecular weight is 310 g/mol. The van der Waals surface area contributed by atoms with E-state index in [4.69, 9.17) is 21.6 Å². The summed E-state index contributed by atoms with van der Waals surface area (Å²) in [5.41, 5.74) is -0.658. The fourth-order valence-electron chi connectivity index (χ4n) is 1.46. The molecule has 0 aliphatic carbocycles. The number of aliphatic hydroxyl groups is 1. The maximum absolute atomic E-state index is 11.6. The lowest BCUT2D eigenvalue weighted by molar-refractivity contribution is -0.138.